The van der Waals surface area contributed by atoms with Crippen LogP contribution in [0.5, 0.6) is 0 Å². The molecule has 1 saturated heterocycles. The van der Waals surface area contributed by atoms with Crippen LogP contribution < -0.4 is 10.2 Å². The molecule has 7 heteroatoms. The molecule has 1 aromatic heterocycles. The van der Waals surface area contributed by atoms with Crippen LogP contribution in [0.15, 0.2) is 36.4 Å². The number of piperazine rings is 1. The Kier molecular flexibility index (Phi) is 6.19. The van der Waals surface area contributed by atoms with Gasteiger partial charge < -0.3 is 19.9 Å². The largest absolute Gasteiger partial charge is 0.464 e. The minimum atomic E-state index is -0.503. The molecule has 0 aliphatic carbocycles. The molecule has 4 rings (SSSR count). The van der Waals surface area contributed by atoms with Crippen LogP contribution in [0.2, 0.25) is 0 Å². The highest BCUT2D eigenvalue weighted by atomic mass is 16.5. The molecule has 0 unspecified atom stereocenters. The second kappa shape index (κ2) is 9.04. The van der Waals surface area contributed by atoms with Gasteiger partial charge >= 0.3 is 5.97 Å². The van der Waals surface area contributed by atoms with E-state index in [1.807, 2.05) is 25.1 Å². The number of nitrogens with zero attached hydrogens (tertiary/aromatic N) is 2. The summed E-state index contributed by atoms with van der Waals surface area (Å²) in [6.45, 7) is 9.90. The van der Waals surface area contributed by atoms with Crippen molar-refractivity contribution in [3.63, 3.8) is 0 Å². The Labute approximate surface area is 188 Å². The molecular formula is C25H30N4O3. The first kappa shape index (κ1) is 21.9. The molecule has 2 aromatic carbocycles. The predicted octanol–water partition coefficient (Wildman–Crippen LogP) is 3.64. The fourth-order valence-corrected chi connectivity index (χ4v) is 4.30. The van der Waals surface area contributed by atoms with E-state index in [-0.39, 0.29) is 18.1 Å². The van der Waals surface area contributed by atoms with E-state index in [0.29, 0.717) is 5.69 Å². The van der Waals surface area contributed by atoms with Gasteiger partial charge in [0.2, 0.25) is 5.91 Å². The van der Waals surface area contributed by atoms with Crippen LogP contribution in [-0.2, 0) is 9.53 Å². The second-order valence-electron chi connectivity index (χ2n) is 8.45. The summed E-state index contributed by atoms with van der Waals surface area (Å²) < 4.78 is 4.90. The van der Waals surface area contributed by atoms with Gasteiger partial charge in [0.05, 0.1) is 19.3 Å². The van der Waals surface area contributed by atoms with Crippen molar-refractivity contribution in [2.75, 3.05) is 50.1 Å². The standard InChI is InChI=1S/C25H30N4O3/c1-16-8-9-20-19(14-16)23(24(26-20)25(31)32-4)27-22(30)15-28-10-12-29(13-11-28)21-7-5-6-17(2)18(21)3/h5-9,14,26H,10-13,15H2,1-4H3,(H,27,30). The van der Waals surface area contributed by atoms with Gasteiger partial charge in [-0.2, -0.15) is 0 Å². The third kappa shape index (κ3) is 4.34. The quantitative estimate of drug-likeness (QED) is 0.600. The number of rotatable bonds is 5. The molecule has 0 spiro atoms. The maximum Gasteiger partial charge on any atom is 0.356 e. The van der Waals surface area contributed by atoms with E-state index in [2.05, 4.69) is 52.1 Å². The van der Waals surface area contributed by atoms with Gasteiger partial charge in [-0.05, 0) is 50.1 Å². The Morgan fingerprint density at radius 1 is 1.06 bits per heavy atom. The maximum absolute atomic E-state index is 12.9. The number of nitrogens with one attached hydrogen (secondary N) is 2. The summed E-state index contributed by atoms with van der Waals surface area (Å²) in [4.78, 5) is 32.8. The van der Waals surface area contributed by atoms with Crippen molar-refractivity contribution < 1.29 is 14.3 Å². The monoisotopic (exact) mass is 434 g/mol. The van der Waals surface area contributed by atoms with E-state index < -0.39 is 5.97 Å². The SMILES string of the molecule is COC(=O)c1[nH]c2ccc(C)cc2c1NC(=O)CN1CCN(c2cccc(C)c2C)CC1. The van der Waals surface area contributed by atoms with Gasteiger partial charge in [-0.1, -0.05) is 23.8 Å². The van der Waals surface area contributed by atoms with Crippen LogP contribution in [-0.4, -0.2) is 61.6 Å². The first-order chi connectivity index (χ1) is 15.4. The molecule has 168 valence electrons. The summed E-state index contributed by atoms with van der Waals surface area (Å²) in [5, 5.41) is 3.76. The molecule has 2 N–H and O–H groups in total. The highest BCUT2D eigenvalue weighted by molar-refractivity contribution is 6.11. The number of anilines is 2. The third-order valence-corrected chi connectivity index (χ3v) is 6.26. The van der Waals surface area contributed by atoms with Crippen molar-refractivity contribution in [2.45, 2.75) is 20.8 Å². The van der Waals surface area contributed by atoms with Crippen LogP contribution in [0.4, 0.5) is 11.4 Å². The van der Waals surface area contributed by atoms with Gasteiger partial charge in [0.25, 0.3) is 0 Å². The zero-order valence-corrected chi connectivity index (χ0v) is 19.1. The first-order valence-corrected chi connectivity index (χ1v) is 10.9. The number of hydrogen-bond donors (Lipinski definition) is 2. The average Bonchev–Trinajstić information content (AvgIpc) is 3.13. The van der Waals surface area contributed by atoms with Crippen molar-refractivity contribution in [1.82, 2.24) is 9.88 Å². The zero-order valence-electron chi connectivity index (χ0n) is 19.1. The van der Waals surface area contributed by atoms with Gasteiger partial charge in [0, 0.05) is 42.8 Å². The minimum Gasteiger partial charge on any atom is -0.464 e. The third-order valence-electron chi connectivity index (χ3n) is 6.26. The van der Waals surface area contributed by atoms with Crippen LogP contribution >= 0.6 is 0 Å². The van der Waals surface area contributed by atoms with Crippen LogP contribution in [0.25, 0.3) is 10.9 Å². The molecule has 1 amide bonds. The molecule has 2 heterocycles. The number of aromatic amines is 1. The lowest BCUT2D eigenvalue weighted by atomic mass is 10.1. The van der Waals surface area contributed by atoms with E-state index in [9.17, 15) is 9.59 Å². The Morgan fingerprint density at radius 3 is 2.53 bits per heavy atom. The van der Waals surface area contributed by atoms with Gasteiger partial charge in [0.15, 0.2) is 0 Å². The molecule has 32 heavy (non-hydrogen) atoms. The minimum absolute atomic E-state index is 0.141. The van der Waals surface area contributed by atoms with E-state index in [1.54, 1.807) is 0 Å². The number of H-pyrrole nitrogens is 1. The van der Waals surface area contributed by atoms with Gasteiger partial charge in [-0.3, -0.25) is 9.69 Å². The number of esters is 1. The second-order valence-corrected chi connectivity index (χ2v) is 8.45. The van der Waals surface area contributed by atoms with Crippen molar-refractivity contribution in [3.05, 3.63) is 58.8 Å². The van der Waals surface area contributed by atoms with Crippen molar-refractivity contribution in [3.8, 4) is 0 Å². The lowest BCUT2D eigenvalue weighted by Gasteiger charge is -2.36. The highest BCUT2D eigenvalue weighted by Gasteiger charge is 2.23. The first-order valence-electron chi connectivity index (χ1n) is 10.9. The fraction of sp³-hybridized carbons (Fsp3) is 0.360. The predicted molar refractivity (Wildman–Crippen MR) is 128 cm³/mol. The molecule has 3 aromatic rings. The van der Waals surface area contributed by atoms with Gasteiger partial charge in [-0.25, -0.2) is 4.79 Å². The Balaban J connectivity index is 1.44. The fourth-order valence-electron chi connectivity index (χ4n) is 4.30. The van der Waals surface area contributed by atoms with Crippen LogP contribution in [0.3, 0.4) is 0 Å². The molecule has 0 atom stereocenters. The number of methoxy groups -OCH3 is 1. The molecule has 1 fully saturated rings. The number of hydrogen-bond acceptors (Lipinski definition) is 5. The number of amides is 1. The molecule has 0 bridgehead atoms. The van der Waals surface area contributed by atoms with Gasteiger partial charge in [-0.15, -0.1) is 0 Å². The lowest BCUT2D eigenvalue weighted by Crippen LogP contribution is -2.48. The Bertz CT molecular complexity index is 1160. The highest BCUT2D eigenvalue weighted by Crippen LogP contribution is 2.29. The average molecular weight is 435 g/mol. The molecule has 0 radical (unpaired) electrons. The van der Waals surface area contributed by atoms with Gasteiger partial charge in [0.1, 0.15) is 5.69 Å². The van der Waals surface area contributed by atoms with Crippen LogP contribution in [0.1, 0.15) is 27.2 Å². The molecular weight excluding hydrogens is 404 g/mol. The number of fused-ring (bicyclic) bond motifs is 1. The van der Waals surface area contributed by atoms with Crippen molar-refractivity contribution in [1.29, 1.82) is 0 Å². The van der Waals surface area contributed by atoms with E-state index in [1.165, 1.54) is 23.9 Å². The summed E-state index contributed by atoms with van der Waals surface area (Å²) in [6, 6.07) is 12.2. The normalized spacial score (nSPS) is 14.6. The summed E-state index contributed by atoms with van der Waals surface area (Å²) in [7, 11) is 1.33. The number of aryl methyl sites for hydroxylation is 2. The smallest absolute Gasteiger partial charge is 0.356 e. The van der Waals surface area contributed by atoms with Crippen molar-refractivity contribution in [2.24, 2.45) is 0 Å². The van der Waals surface area contributed by atoms with Crippen LogP contribution in [0, 0.1) is 20.8 Å². The maximum atomic E-state index is 12.9. The number of ether oxygens (including phenoxy) is 1. The zero-order chi connectivity index (χ0) is 22.8. The molecule has 7 nitrogen and oxygen atoms in total. The van der Waals surface area contributed by atoms with E-state index in [4.69, 9.17) is 4.74 Å². The van der Waals surface area contributed by atoms with Crippen molar-refractivity contribution >= 4 is 34.2 Å². The summed E-state index contributed by atoms with van der Waals surface area (Å²) in [6.07, 6.45) is 0. The Hall–Kier alpha value is -3.32. The lowest BCUT2D eigenvalue weighted by molar-refractivity contribution is -0.117. The summed E-state index contributed by atoms with van der Waals surface area (Å²) in [5.74, 6) is -0.644. The molecule has 1 aliphatic rings. The van der Waals surface area contributed by atoms with E-state index in [0.717, 1.165) is 42.6 Å². The number of carbonyl (C=O) groups excluding carboxylic acids is 2. The Morgan fingerprint density at radius 2 is 1.81 bits per heavy atom. The molecule has 1 aliphatic heterocycles. The number of carbonyl (C=O) groups is 2. The summed E-state index contributed by atoms with van der Waals surface area (Å²) >= 11 is 0. The molecule has 0 saturated carbocycles. The number of benzene rings is 2. The summed E-state index contributed by atoms with van der Waals surface area (Å²) in [5.41, 5.74) is 6.45. The topological polar surface area (TPSA) is 77.7 Å². The van der Waals surface area contributed by atoms with E-state index >= 15 is 0 Å². The number of aromatic nitrogens is 1.